The molecule has 0 aromatic heterocycles. The van der Waals surface area contributed by atoms with E-state index >= 15 is 0 Å². The molecule has 0 amide bonds. The van der Waals surface area contributed by atoms with Crippen LogP contribution in [0.15, 0.2) is 47.4 Å². The first-order chi connectivity index (χ1) is 10.1. The van der Waals surface area contributed by atoms with Gasteiger partial charge in [-0.05, 0) is 6.08 Å². The highest BCUT2D eigenvalue weighted by Crippen LogP contribution is 2.40. The number of benzene rings is 1. The molecule has 5 heteroatoms. The molecule has 2 aliphatic rings. The molecule has 0 radical (unpaired) electrons. The van der Waals surface area contributed by atoms with E-state index in [9.17, 15) is 19.5 Å². The van der Waals surface area contributed by atoms with Crippen molar-refractivity contribution in [3.63, 3.8) is 0 Å². The molecular formula is C16H12O5. The summed E-state index contributed by atoms with van der Waals surface area (Å²) in [6.45, 7) is 0. The van der Waals surface area contributed by atoms with Crippen molar-refractivity contribution in [3.8, 4) is 0 Å². The Morgan fingerprint density at radius 2 is 1.76 bits per heavy atom. The topological polar surface area (TPSA) is 80.7 Å². The molecule has 0 fully saturated rings. The van der Waals surface area contributed by atoms with Crippen molar-refractivity contribution in [3.05, 3.63) is 58.6 Å². The Hall–Kier alpha value is -2.69. The summed E-state index contributed by atoms with van der Waals surface area (Å²) in [4.78, 5) is 36.3. The minimum Gasteiger partial charge on any atom is -0.507 e. The van der Waals surface area contributed by atoms with Crippen LogP contribution in [-0.2, 0) is 9.53 Å². The van der Waals surface area contributed by atoms with Crippen molar-refractivity contribution in [2.24, 2.45) is 11.8 Å². The Kier molecular flexibility index (Phi) is 2.97. The summed E-state index contributed by atoms with van der Waals surface area (Å²) in [5.41, 5.74) is 0.565. The normalized spacial score (nSPS) is 24.1. The molecule has 0 bridgehead atoms. The number of hydrogen-bond acceptors (Lipinski definition) is 5. The number of ether oxygens (including phenoxy) is 1. The van der Waals surface area contributed by atoms with E-state index in [1.165, 1.54) is 13.2 Å². The van der Waals surface area contributed by atoms with E-state index in [0.29, 0.717) is 17.4 Å². The third kappa shape index (κ3) is 1.74. The molecule has 3 rings (SSSR count). The number of ketones is 2. The molecule has 2 atom stereocenters. The number of aldehydes is 1. The monoisotopic (exact) mass is 284 g/mol. The summed E-state index contributed by atoms with van der Waals surface area (Å²) in [5, 5.41) is 9.89. The fraction of sp³-hybridized carbons (Fsp3) is 0.188. The van der Waals surface area contributed by atoms with Crippen LogP contribution in [0.25, 0.3) is 0 Å². The predicted molar refractivity (Wildman–Crippen MR) is 72.9 cm³/mol. The molecule has 0 aliphatic heterocycles. The Labute approximate surface area is 120 Å². The maximum absolute atomic E-state index is 12.6. The average molecular weight is 284 g/mol. The number of fused-ring (bicyclic) bond motifs is 2. The molecular weight excluding hydrogens is 272 g/mol. The maximum atomic E-state index is 12.6. The quantitative estimate of drug-likeness (QED) is 0.838. The number of aliphatic hydroxyl groups excluding tert-OH is 1. The van der Waals surface area contributed by atoms with Crippen LogP contribution in [0.4, 0.5) is 0 Å². The van der Waals surface area contributed by atoms with Crippen molar-refractivity contribution in [2.45, 2.75) is 0 Å². The number of Topliss-reactive ketones (excluding diaryl/α,β-unsaturated/α-hetero) is 2. The van der Waals surface area contributed by atoms with E-state index in [0.717, 1.165) is 0 Å². The Bertz CT molecular complexity index is 726. The van der Waals surface area contributed by atoms with Gasteiger partial charge in [-0.3, -0.25) is 14.4 Å². The molecule has 106 valence electrons. The van der Waals surface area contributed by atoms with Crippen LogP contribution in [0.3, 0.4) is 0 Å². The zero-order valence-electron chi connectivity index (χ0n) is 11.2. The zero-order chi connectivity index (χ0) is 15.1. The minimum atomic E-state index is -0.895. The lowest BCUT2D eigenvalue weighted by Gasteiger charge is -2.33. The SMILES string of the molecule is COC1=C(C=O)C(O)=CC2C(=O)c3ccccc3C(=O)C12. The molecule has 0 saturated carbocycles. The number of hydrogen-bond donors (Lipinski definition) is 1. The highest BCUT2D eigenvalue weighted by Gasteiger charge is 2.46. The first-order valence-electron chi connectivity index (χ1n) is 6.42. The Balaban J connectivity index is 2.25. The van der Waals surface area contributed by atoms with Gasteiger partial charge in [-0.25, -0.2) is 0 Å². The lowest BCUT2D eigenvalue weighted by molar-refractivity contribution is -0.105. The molecule has 0 heterocycles. The van der Waals surface area contributed by atoms with Gasteiger partial charge in [-0.15, -0.1) is 0 Å². The molecule has 21 heavy (non-hydrogen) atoms. The number of allylic oxidation sites excluding steroid dienone is 3. The standard InChI is InChI=1S/C16H12O5/c1-21-16-11(7-17)12(18)6-10-13(16)15(20)9-5-3-2-4-8(9)14(10)19/h2-7,10,13,18H,1H3. The fourth-order valence-corrected chi connectivity index (χ4v) is 2.94. The van der Waals surface area contributed by atoms with Crippen LogP contribution in [0.2, 0.25) is 0 Å². The highest BCUT2D eigenvalue weighted by molar-refractivity contribution is 6.18. The number of methoxy groups -OCH3 is 1. The van der Waals surface area contributed by atoms with Gasteiger partial charge in [-0.1, -0.05) is 24.3 Å². The van der Waals surface area contributed by atoms with Crippen LogP contribution in [0.1, 0.15) is 20.7 Å². The van der Waals surface area contributed by atoms with Gasteiger partial charge in [0.15, 0.2) is 17.9 Å². The van der Waals surface area contributed by atoms with Gasteiger partial charge in [-0.2, -0.15) is 0 Å². The summed E-state index contributed by atoms with van der Waals surface area (Å²) >= 11 is 0. The third-order valence-corrected chi connectivity index (χ3v) is 3.90. The summed E-state index contributed by atoms with van der Waals surface area (Å²) in [6.07, 6.45) is 1.69. The van der Waals surface area contributed by atoms with E-state index in [1.807, 2.05) is 0 Å². The van der Waals surface area contributed by atoms with Crippen molar-refractivity contribution in [1.29, 1.82) is 0 Å². The molecule has 0 saturated heterocycles. The molecule has 1 aromatic carbocycles. The highest BCUT2D eigenvalue weighted by atomic mass is 16.5. The fourth-order valence-electron chi connectivity index (χ4n) is 2.94. The van der Waals surface area contributed by atoms with Crippen LogP contribution >= 0.6 is 0 Å². The van der Waals surface area contributed by atoms with Gasteiger partial charge in [0, 0.05) is 11.1 Å². The lowest BCUT2D eigenvalue weighted by atomic mass is 9.70. The van der Waals surface area contributed by atoms with Gasteiger partial charge in [0.2, 0.25) is 0 Å². The van der Waals surface area contributed by atoms with Crippen molar-refractivity contribution >= 4 is 17.9 Å². The second kappa shape index (κ2) is 4.70. The second-order valence-corrected chi connectivity index (χ2v) is 4.93. The Morgan fingerprint density at radius 1 is 1.14 bits per heavy atom. The van der Waals surface area contributed by atoms with Crippen LogP contribution < -0.4 is 0 Å². The largest absolute Gasteiger partial charge is 0.507 e. The minimum absolute atomic E-state index is 0.0443. The zero-order valence-corrected chi connectivity index (χ0v) is 11.2. The molecule has 0 spiro atoms. The van der Waals surface area contributed by atoms with E-state index in [2.05, 4.69) is 0 Å². The van der Waals surface area contributed by atoms with E-state index < -0.39 is 11.8 Å². The number of carbonyl (C=O) groups is 3. The number of carbonyl (C=O) groups excluding carboxylic acids is 3. The van der Waals surface area contributed by atoms with Crippen molar-refractivity contribution < 1.29 is 24.2 Å². The van der Waals surface area contributed by atoms with Gasteiger partial charge < -0.3 is 9.84 Å². The smallest absolute Gasteiger partial charge is 0.175 e. The molecule has 2 unspecified atom stereocenters. The van der Waals surface area contributed by atoms with Gasteiger partial charge in [0.1, 0.15) is 11.5 Å². The number of rotatable bonds is 2. The lowest BCUT2D eigenvalue weighted by Crippen LogP contribution is -2.39. The van der Waals surface area contributed by atoms with Crippen LogP contribution in [0, 0.1) is 11.8 Å². The average Bonchev–Trinajstić information content (AvgIpc) is 2.51. The van der Waals surface area contributed by atoms with E-state index in [-0.39, 0.29) is 28.7 Å². The predicted octanol–water partition coefficient (Wildman–Crippen LogP) is 1.85. The third-order valence-electron chi connectivity index (χ3n) is 3.90. The molecule has 5 nitrogen and oxygen atoms in total. The number of aliphatic hydroxyl groups is 1. The second-order valence-electron chi connectivity index (χ2n) is 4.93. The molecule has 2 aliphatic carbocycles. The van der Waals surface area contributed by atoms with Crippen LogP contribution in [-0.4, -0.2) is 30.1 Å². The van der Waals surface area contributed by atoms with E-state index in [4.69, 9.17) is 4.74 Å². The van der Waals surface area contributed by atoms with Gasteiger partial charge in [0.25, 0.3) is 0 Å². The summed E-state index contributed by atoms with van der Waals surface area (Å²) < 4.78 is 5.14. The Morgan fingerprint density at radius 3 is 2.33 bits per heavy atom. The van der Waals surface area contributed by atoms with Gasteiger partial charge >= 0.3 is 0 Å². The summed E-state index contributed by atoms with van der Waals surface area (Å²) in [6, 6.07) is 6.53. The van der Waals surface area contributed by atoms with Crippen molar-refractivity contribution in [1.82, 2.24) is 0 Å². The molecule has 1 N–H and O–H groups in total. The molecule has 1 aromatic rings. The van der Waals surface area contributed by atoms with E-state index in [1.54, 1.807) is 24.3 Å². The first kappa shape index (κ1) is 13.3. The van der Waals surface area contributed by atoms with Gasteiger partial charge in [0.05, 0.1) is 24.5 Å². The van der Waals surface area contributed by atoms with Crippen molar-refractivity contribution in [2.75, 3.05) is 7.11 Å². The first-order valence-corrected chi connectivity index (χ1v) is 6.42. The summed E-state index contributed by atoms with van der Waals surface area (Å²) in [7, 11) is 1.31. The van der Waals surface area contributed by atoms with Crippen LogP contribution in [0.5, 0.6) is 0 Å². The summed E-state index contributed by atoms with van der Waals surface area (Å²) in [5.74, 6) is -2.57. The maximum Gasteiger partial charge on any atom is 0.175 e.